The second-order valence-electron chi connectivity index (χ2n) is 6.41. The van der Waals surface area contributed by atoms with Crippen molar-refractivity contribution in [2.45, 2.75) is 71.5 Å². The summed E-state index contributed by atoms with van der Waals surface area (Å²) in [5, 5.41) is 0. The van der Waals surface area contributed by atoms with Crippen LogP contribution >= 0.6 is 0 Å². The number of methoxy groups -OCH3 is 1. The van der Waals surface area contributed by atoms with Gasteiger partial charge in [-0.2, -0.15) is 0 Å². The Labute approximate surface area is 119 Å². The molecular formula is C16H34N2O. The van der Waals surface area contributed by atoms with E-state index in [-0.39, 0.29) is 0 Å². The fourth-order valence-corrected chi connectivity index (χ4v) is 4.00. The van der Waals surface area contributed by atoms with Crippen molar-refractivity contribution in [3.8, 4) is 0 Å². The standard InChI is InChI=1S/C16H34N2O/c1-6-14(7-2)18(8-9-19-5)16-13(4)10-12(3)11-15(16)17/h12-16H,6-11,17H2,1-5H3. The van der Waals surface area contributed by atoms with Crippen molar-refractivity contribution in [1.29, 1.82) is 0 Å². The lowest BCUT2D eigenvalue weighted by Crippen LogP contribution is -2.58. The average molecular weight is 270 g/mol. The smallest absolute Gasteiger partial charge is 0.0589 e. The normalized spacial score (nSPS) is 32.2. The first-order chi connectivity index (χ1) is 9.04. The van der Waals surface area contributed by atoms with E-state index in [9.17, 15) is 0 Å². The van der Waals surface area contributed by atoms with Gasteiger partial charge in [-0.3, -0.25) is 4.90 Å². The van der Waals surface area contributed by atoms with Crippen molar-refractivity contribution in [3.05, 3.63) is 0 Å². The summed E-state index contributed by atoms with van der Waals surface area (Å²) >= 11 is 0. The number of hydrogen-bond donors (Lipinski definition) is 1. The first kappa shape index (κ1) is 16.9. The molecule has 4 unspecified atom stereocenters. The van der Waals surface area contributed by atoms with Gasteiger partial charge in [-0.25, -0.2) is 0 Å². The lowest BCUT2D eigenvalue weighted by atomic mass is 9.75. The highest BCUT2D eigenvalue weighted by atomic mass is 16.5. The van der Waals surface area contributed by atoms with E-state index in [1.54, 1.807) is 7.11 Å². The molecule has 19 heavy (non-hydrogen) atoms. The summed E-state index contributed by atoms with van der Waals surface area (Å²) in [5.41, 5.74) is 6.50. The Morgan fingerprint density at radius 1 is 1.21 bits per heavy atom. The second-order valence-corrected chi connectivity index (χ2v) is 6.41. The Morgan fingerprint density at radius 3 is 2.32 bits per heavy atom. The summed E-state index contributed by atoms with van der Waals surface area (Å²) in [6.45, 7) is 11.1. The fourth-order valence-electron chi connectivity index (χ4n) is 4.00. The van der Waals surface area contributed by atoms with Gasteiger partial charge in [-0.15, -0.1) is 0 Å². The first-order valence-corrected chi connectivity index (χ1v) is 8.05. The molecule has 4 atom stereocenters. The third kappa shape index (κ3) is 4.44. The lowest BCUT2D eigenvalue weighted by molar-refractivity contribution is 0.0190. The predicted octanol–water partition coefficient (Wildman–Crippen LogP) is 2.89. The largest absolute Gasteiger partial charge is 0.383 e. The van der Waals surface area contributed by atoms with Gasteiger partial charge in [0, 0.05) is 31.8 Å². The van der Waals surface area contributed by atoms with Crippen LogP contribution in [0.15, 0.2) is 0 Å². The molecule has 3 heteroatoms. The van der Waals surface area contributed by atoms with E-state index in [0.717, 1.165) is 19.1 Å². The monoisotopic (exact) mass is 270 g/mol. The van der Waals surface area contributed by atoms with Gasteiger partial charge >= 0.3 is 0 Å². The minimum Gasteiger partial charge on any atom is -0.383 e. The third-order valence-corrected chi connectivity index (χ3v) is 4.82. The zero-order valence-electron chi connectivity index (χ0n) is 13.6. The molecule has 114 valence electrons. The average Bonchev–Trinajstić information content (AvgIpc) is 2.35. The van der Waals surface area contributed by atoms with Crippen LogP contribution in [-0.2, 0) is 4.74 Å². The van der Waals surface area contributed by atoms with E-state index < -0.39 is 0 Å². The summed E-state index contributed by atoms with van der Waals surface area (Å²) in [7, 11) is 1.79. The minimum absolute atomic E-state index is 0.316. The van der Waals surface area contributed by atoms with Crippen molar-refractivity contribution >= 4 is 0 Å². The topological polar surface area (TPSA) is 38.5 Å². The van der Waals surface area contributed by atoms with Crippen LogP contribution in [0.1, 0.15) is 53.4 Å². The molecule has 0 spiro atoms. The summed E-state index contributed by atoms with van der Waals surface area (Å²) in [4.78, 5) is 2.64. The minimum atomic E-state index is 0.316. The Kier molecular flexibility index (Phi) is 7.33. The molecule has 1 aliphatic carbocycles. The van der Waals surface area contributed by atoms with E-state index in [1.807, 2.05) is 0 Å². The maximum absolute atomic E-state index is 6.50. The second kappa shape index (κ2) is 8.23. The molecule has 1 aliphatic rings. The number of nitrogens with two attached hydrogens (primary N) is 1. The van der Waals surface area contributed by atoms with Crippen LogP contribution in [0.5, 0.6) is 0 Å². The number of nitrogens with zero attached hydrogens (tertiary/aromatic N) is 1. The van der Waals surface area contributed by atoms with E-state index in [2.05, 4.69) is 32.6 Å². The zero-order valence-corrected chi connectivity index (χ0v) is 13.6. The summed E-state index contributed by atoms with van der Waals surface area (Å²) < 4.78 is 5.31. The molecule has 0 amide bonds. The molecule has 0 heterocycles. The third-order valence-electron chi connectivity index (χ3n) is 4.82. The Bertz CT molecular complexity index is 231. The molecule has 0 aromatic heterocycles. The van der Waals surface area contributed by atoms with E-state index >= 15 is 0 Å². The Hall–Kier alpha value is -0.120. The summed E-state index contributed by atoms with van der Waals surface area (Å²) in [5.74, 6) is 1.46. The van der Waals surface area contributed by atoms with Crippen molar-refractivity contribution in [1.82, 2.24) is 4.90 Å². The molecular weight excluding hydrogens is 236 g/mol. The summed E-state index contributed by atoms with van der Waals surface area (Å²) in [6.07, 6.45) is 4.87. The Morgan fingerprint density at radius 2 is 1.84 bits per heavy atom. The number of hydrogen-bond acceptors (Lipinski definition) is 3. The van der Waals surface area contributed by atoms with Crippen LogP contribution in [-0.4, -0.2) is 43.3 Å². The number of ether oxygens (including phenoxy) is 1. The van der Waals surface area contributed by atoms with Gasteiger partial charge in [0.05, 0.1) is 6.61 Å². The van der Waals surface area contributed by atoms with Crippen LogP contribution in [0.4, 0.5) is 0 Å². The highest BCUT2D eigenvalue weighted by Crippen LogP contribution is 2.33. The van der Waals surface area contributed by atoms with Gasteiger partial charge in [0.15, 0.2) is 0 Å². The molecule has 0 radical (unpaired) electrons. The molecule has 1 fully saturated rings. The maximum atomic E-state index is 6.50. The SMILES string of the molecule is CCC(CC)N(CCOC)C1C(C)CC(C)CC1N. The van der Waals surface area contributed by atoms with Gasteiger partial charge in [-0.1, -0.05) is 27.7 Å². The fraction of sp³-hybridized carbons (Fsp3) is 1.00. The molecule has 3 nitrogen and oxygen atoms in total. The molecule has 0 aromatic rings. The molecule has 0 bridgehead atoms. The number of rotatable bonds is 7. The van der Waals surface area contributed by atoms with E-state index in [4.69, 9.17) is 10.5 Å². The van der Waals surface area contributed by atoms with Gasteiger partial charge < -0.3 is 10.5 Å². The highest BCUT2D eigenvalue weighted by Gasteiger charge is 2.37. The van der Waals surface area contributed by atoms with Crippen LogP contribution in [0.3, 0.4) is 0 Å². The quantitative estimate of drug-likeness (QED) is 0.773. The molecule has 2 N–H and O–H groups in total. The van der Waals surface area contributed by atoms with Gasteiger partial charge in [0.25, 0.3) is 0 Å². The van der Waals surface area contributed by atoms with Crippen LogP contribution in [0.25, 0.3) is 0 Å². The maximum Gasteiger partial charge on any atom is 0.0589 e. The van der Waals surface area contributed by atoms with Crippen molar-refractivity contribution < 1.29 is 4.74 Å². The lowest BCUT2D eigenvalue weighted by Gasteiger charge is -2.47. The predicted molar refractivity (Wildman–Crippen MR) is 82.3 cm³/mol. The van der Waals surface area contributed by atoms with Gasteiger partial charge in [-0.05, 0) is 37.5 Å². The van der Waals surface area contributed by atoms with Gasteiger partial charge in [0.2, 0.25) is 0 Å². The molecule has 1 saturated carbocycles. The van der Waals surface area contributed by atoms with Crippen LogP contribution in [0, 0.1) is 11.8 Å². The van der Waals surface area contributed by atoms with Crippen molar-refractivity contribution in [2.75, 3.05) is 20.3 Å². The highest BCUT2D eigenvalue weighted by molar-refractivity contribution is 4.94. The molecule has 0 aromatic carbocycles. The van der Waals surface area contributed by atoms with E-state index in [1.165, 1.54) is 25.7 Å². The van der Waals surface area contributed by atoms with Crippen LogP contribution < -0.4 is 5.73 Å². The van der Waals surface area contributed by atoms with Gasteiger partial charge in [0.1, 0.15) is 0 Å². The van der Waals surface area contributed by atoms with E-state index in [0.29, 0.717) is 24.0 Å². The molecule has 1 rings (SSSR count). The van der Waals surface area contributed by atoms with Crippen molar-refractivity contribution in [2.24, 2.45) is 17.6 Å². The van der Waals surface area contributed by atoms with Crippen molar-refractivity contribution in [3.63, 3.8) is 0 Å². The molecule has 0 saturated heterocycles. The molecule has 0 aliphatic heterocycles. The van der Waals surface area contributed by atoms with Crippen LogP contribution in [0.2, 0.25) is 0 Å². The first-order valence-electron chi connectivity index (χ1n) is 8.05. The summed E-state index contributed by atoms with van der Waals surface area (Å²) in [6, 6.07) is 1.48. The zero-order chi connectivity index (χ0) is 14.4. The Balaban J connectivity index is 2.81.